The number of nitrogens with zero attached hydrogens (tertiary/aromatic N) is 1. The first-order chi connectivity index (χ1) is 5.70. The first kappa shape index (κ1) is 7.36. The minimum atomic E-state index is 0.774. The Balaban J connectivity index is 2.67. The first-order valence-electron chi connectivity index (χ1n) is 3.86. The zero-order chi connectivity index (χ0) is 8.72. The van der Waals surface area contributed by atoms with Crippen molar-refractivity contribution in [2.24, 2.45) is 0 Å². The lowest BCUT2D eigenvalue weighted by molar-refractivity contribution is 0.245. The lowest BCUT2D eigenvalue weighted by atomic mass is 10.1. The molecular weight excluding hydrogens is 154 g/mol. The summed E-state index contributed by atoms with van der Waals surface area (Å²) in [5, 5.41) is 0. The largest absolute Gasteiger partial charge is 0.385 e. The van der Waals surface area contributed by atoms with E-state index < -0.39 is 0 Å². The molecule has 2 heterocycles. The molecule has 0 fully saturated rings. The van der Waals surface area contributed by atoms with E-state index in [9.17, 15) is 0 Å². The summed E-state index contributed by atoms with van der Waals surface area (Å²) in [6.07, 6.45) is 0. The SMILES string of the molecule is Cc1nc2c(c(C)c1C)ONN2. The maximum Gasteiger partial charge on any atom is 0.196 e. The van der Waals surface area contributed by atoms with Crippen LogP contribution < -0.4 is 15.9 Å². The molecule has 2 rings (SSSR count). The molecule has 0 aromatic carbocycles. The van der Waals surface area contributed by atoms with Gasteiger partial charge in [-0.15, -0.1) is 0 Å². The molecule has 4 heteroatoms. The minimum Gasteiger partial charge on any atom is -0.385 e. The average Bonchev–Trinajstić information content (AvgIpc) is 2.48. The van der Waals surface area contributed by atoms with E-state index in [0.29, 0.717) is 0 Å². The molecule has 2 N–H and O–H groups in total. The summed E-state index contributed by atoms with van der Waals surface area (Å²) >= 11 is 0. The summed E-state index contributed by atoms with van der Waals surface area (Å²) in [6.45, 7) is 6.06. The number of aromatic nitrogens is 1. The van der Waals surface area contributed by atoms with Crippen molar-refractivity contribution in [2.75, 3.05) is 5.43 Å². The van der Waals surface area contributed by atoms with Gasteiger partial charge in [0.2, 0.25) is 0 Å². The van der Waals surface area contributed by atoms with Gasteiger partial charge in [-0.2, -0.15) is 0 Å². The fraction of sp³-hybridized carbons (Fsp3) is 0.375. The molecule has 1 aliphatic rings. The summed E-state index contributed by atoms with van der Waals surface area (Å²) < 4.78 is 0. The number of hydrogen-bond donors (Lipinski definition) is 2. The second kappa shape index (κ2) is 2.35. The highest BCUT2D eigenvalue weighted by Gasteiger charge is 2.18. The highest BCUT2D eigenvalue weighted by Crippen LogP contribution is 2.31. The summed E-state index contributed by atoms with van der Waals surface area (Å²) in [6, 6.07) is 0. The van der Waals surface area contributed by atoms with Crippen LogP contribution in [-0.4, -0.2) is 4.98 Å². The van der Waals surface area contributed by atoms with Gasteiger partial charge in [-0.25, -0.2) is 4.98 Å². The molecule has 12 heavy (non-hydrogen) atoms. The van der Waals surface area contributed by atoms with Crippen molar-refractivity contribution in [2.45, 2.75) is 20.8 Å². The predicted molar refractivity (Wildman–Crippen MR) is 45.8 cm³/mol. The van der Waals surface area contributed by atoms with Crippen LogP contribution in [0.25, 0.3) is 0 Å². The van der Waals surface area contributed by atoms with E-state index in [2.05, 4.69) is 16.0 Å². The first-order valence-corrected chi connectivity index (χ1v) is 3.86. The predicted octanol–water partition coefficient (Wildman–Crippen LogP) is 1.23. The number of pyridine rings is 1. The van der Waals surface area contributed by atoms with Crippen molar-refractivity contribution in [3.05, 3.63) is 16.8 Å². The average molecular weight is 165 g/mol. The van der Waals surface area contributed by atoms with Crippen molar-refractivity contribution in [1.29, 1.82) is 0 Å². The summed E-state index contributed by atoms with van der Waals surface area (Å²) in [5.74, 6) is 1.58. The molecule has 0 bridgehead atoms. The monoisotopic (exact) mass is 165 g/mol. The molecule has 64 valence electrons. The Kier molecular flexibility index (Phi) is 1.44. The van der Waals surface area contributed by atoms with Gasteiger partial charge in [0.15, 0.2) is 11.6 Å². The third-order valence-corrected chi connectivity index (χ3v) is 2.26. The topological polar surface area (TPSA) is 46.2 Å². The maximum absolute atomic E-state index is 5.14. The van der Waals surface area contributed by atoms with Gasteiger partial charge in [-0.05, 0) is 26.3 Å². The number of aryl methyl sites for hydroxylation is 1. The van der Waals surface area contributed by atoms with Gasteiger partial charge in [0.05, 0.1) is 0 Å². The van der Waals surface area contributed by atoms with E-state index in [1.807, 2.05) is 20.8 Å². The Labute approximate surface area is 70.9 Å². The summed E-state index contributed by atoms with van der Waals surface area (Å²) in [4.78, 5) is 9.46. The molecule has 1 aromatic rings. The van der Waals surface area contributed by atoms with E-state index in [1.165, 1.54) is 5.56 Å². The zero-order valence-electron chi connectivity index (χ0n) is 7.36. The molecule has 0 atom stereocenters. The molecule has 0 saturated carbocycles. The van der Waals surface area contributed by atoms with Crippen molar-refractivity contribution >= 4 is 5.82 Å². The number of hydrogen-bond acceptors (Lipinski definition) is 4. The maximum atomic E-state index is 5.14. The Morgan fingerprint density at radius 1 is 1.17 bits per heavy atom. The van der Waals surface area contributed by atoms with Crippen LogP contribution in [0.1, 0.15) is 16.8 Å². The quantitative estimate of drug-likeness (QED) is 0.607. The van der Waals surface area contributed by atoms with Crippen LogP contribution in [0.15, 0.2) is 0 Å². The molecule has 0 aliphatic carbocycles. The molecule has 0 unspecified atom stereocenters. The van der Waals surface area contributed by atoms with Gasteiger partial charge in [-0.3, -0.25) is 5.43 Å². The molecular formula is C8H11N3O. The number of nitrogens with one attached hydrogen (secondary N) is 2. The Bertz CT molecular complexity index is 336. The standard InChI is InChI=1S/C8H11N3O/c1-4-5(2)7-8(9-6(4)3)10-11-12-7/h11H,1-3H3,(H,9,10). The fourth-order valence-electron chi connectivity index (χ4n) is 1.26. The van der Waals surface area contributed by atoms with Crippen molar-refractivity contribution in [3.8, 4) is 5.75 Å². The van der Waals surface area contributed by atoms with E-state index >= 15 is 0 Å². The highest BCUT2D eigenvalue weighted by atomic mass is 16.7. The lowest BCUT2D eigenvalue weighted by Gasteiger charge is -2.05. The molecule has 0 radical (unpaired) electrons. The van der Waals surface area contributed by atoms with Crippen LogP contribution in [0, 0.1) is 20.8 Å². The lowest BCUT2D eigenvalue weighted by Crippen LogP contribution is -2.17. The number of hydrazine groups is 1. The number of rotatable bonds is 0. The van der Waals surface area contributed by atoms with Crippen LogP contribution in [0.4, 0.5) is 5.82 Å². The molecule has 1 aliphatic heterocycles. The van der Waals surface area contributed by atoms with E-state index in [-0.39, 0.29) is 0 Å². The normalized spacial score (nSPS) is 13.6. The molecule has 0 saturated heterocycles. The molecule has 1 aromatic heterocycles. The smallest absolute Gasteiger partial charge is 0.196 e. The van der Waals surface area contributed by atoms with Crippen molar-refractivity contribution < 1.29 is 4.84 Å². The highest BCUT2D eigenvalue weighted by molar-refractivity contribution is 5.59. The van der Waals surface area contributed by atoms with Gasteiger partial charge in [0.1, 0.15) is 0 Å². The van der Waals surface area contributed by atoms with Crippen molar-refractivity contribution in [1.82, 2.24) is 10.6 Å². The van der Waals surface area contributed by atoms with Crippen molar-refractivity contribution in [3.63, 3.8) is 0 Å². The minimum absolute atomic E-state index is 0.774. The Morgan fingerprint density at radius 2 is 1.92 bits per heavy atom. The third kappa shape index (κ3) is 0.848. The van der Waals surface area contributed by atoms with Crippen LogP contribution in [0.3, 0.4) is 0 Å². The van der Waals surface area contributed by atoms with Gasteiger partial charge < -0.3 is 4.84 Å². The van der Waals surface area contributed by atoms with Crippen LogP contribution in [0.5, 0.6) is 5.75 Å². The summed E-state index contributed by atoms with van der Waals surface area (Å²) in [5.41, 5.74) is 8.74. The van der Waals surface area contributed by atoms with Gasteiger partial charge >= 0.3 is 0 Å². The van der Waals surface area contributed by atoms with Gasteiger partial charge in [-0.1, -0.05) is 5.59 Å². The van der Waals surface area contributed by atoms with E-state index in [1.54, 1.807) is 0 Å². The number of fused-ring (bicyclic) bond motifs is 1. The second-order valence-electron chi connectivity index (χ2n) is 2.95. The summed E-state index contributed by atoms with van der Waals surface area (Å²) in [7, 11) is 0. The fourth-order valence-corrected chi connectivity index (χ4v) is 1.26. The number of anilines is 1. The van der Waals surface area contributed by atoms with Gasteiger partial charge in [0.25, 0.3) is 0 Å². The zero-order valence-corrected chi connectivity index (χ0v) is 7.36. The molecule has 4 nitrogen and oxygen atoms in total. The Morgan fingerprint density at radius 3 is 2.67 bits per heavy atom. The van der Waals surface area contributed by atoms with Crippen LogP contribution in [0.2, 0.25) is 0 Å². The second-order valence-corrected chi connectivity index (χ2v) is 2.95. The van der Waals surface area contributed by atoms with Crippen LogP contribution >= 0.6 is 0 Å². The molecule has 0 amide bonds. The third-order valence-electron chi connectivity index (χ3n) is 2.26. The van der Waals surface area contributed by atoms with Crippen LogP contribution in [-0.2, 0) is 0 Å². The van der Waals surface area contributed by atoms with Gasteiger partial charge in [0, 0.05) is 11.3 Å². The van der Waals surface area contributed by atoms with E-state index in [0.717, 1.165) is 22.8 Å². The Hall–Kier alpha value is -1.29. The molecule has 0 spiro atoms. The van der Waals surface area contributed by atoms with E-state index in [4.69, 9.17) is 4.84 Å².